The summed E-state index contributed by atoms with van der Waals surface area (Å²) in [6.45, 7) is 1.70. The van der Waals surface area contributed by atoms with Crippen molar-refractivity contribution in [2.24, 2.45) is 0 Å². The Kier molecular flexibility index (Phi) is 5.59. The third-order valence-electron chi connectivity index (χ3n) is 2.57. The summed E-state index contributed by atoms with van der Waals surface area (Å²) >= 11 is 1.03. The Bertz CT molecular complexity index is 774. The molecule has 130 valence electrons. The first-order chi connectivity index (χ1) is 11.2. The summed E-state index contributed by atoms with van der Waals surface area (Å²) in [5.41, 5.74) is 0.210. The number of thioether (sulfide) groups is 1. The molecule has 0 spiro atoms. The van der Waals surface area contributed by atoms with Crippen molar-refractivity contribution in [2.45, 2.75) is 24.7 Å². The number of amides is 1. The molecule has 1 amide bonds. The molecule has 0 unspecified atom stereocenters. The zero-order valence-electron chi connectivity index (χ0n) is 12.3. The highest BCUT2D eigenvalue weighted by molar-refractivity contribution is 7.99. The summed E-state index contributed by atoms with van der Waals surface area (Å²) in [6.07, 6.45) is -4.70. The Morgan fingerprint density at radius 3 is 2.79 bits per heavy atom. The molecule has 0 aliphatic carbocycles. The highest BCUT2D eigenvalue weighted by atomic mass is 32.2. The van der Waals surface area contributed by atoms with Gasteiger partial charge in [0.15, 0.2) is 11.0 Å². The van der Waals surface area contributed by atoms with Gasteiger partial charge in [0.2, 0.25) is 5.91 Å². The second kappa shape index (κ2) is 7.47. The van der Waals surface area contributed by atoms with E-state index in [9.17, 15) is 22.8 Å². The molecule has 0 radical (unpaired) electrons. The van der Waals surface area contributed by atoms with E-state index in [1.54, 1.807) is 6.92 Å². The highest BCUT2D eigenvalue weighted by Gasteiger charge is 2.38. The molecule has 24 heavy (non-hydrogen) atoms. The van der Waals surface area contributed by atoms with E-state index in [4.69, 9.17) is 0 Å². The van der Waals surface area contributed by atoms with Crippen LogP contribution in [0.15, 0.2) is 20.5 Å². The third kappa shape index (κ3) is 5.37. The zero-order valence-corrected chi connectivity index (χ0v) is 13.1. The predicted octanol–water partition coefficient (Wildman–Crippen LogP) is 0.931. The fourth-order valence-corrected chi connectivity index (χ4v) is 2.34. The monoisotopic (exact) mass is 363 g/mol. The van der Waals surface area contributed by atoms with Gasteiger partial charge in [-0.05, 0) is 6.92 Å². The molecule has 0 aromatic carbocycles. The summed E-state index contributed by atoms with van der Waals surface area (Å²) < 4.78 is 40.9. The number of carbonyl (C=O) groups excluding carboxylic acids is 1. The van der Waals surface area contributed by atoms with E-state index in [1.165, 1.54) is 6.07 Å². The van der Waals surface area contributed by atoms with Gasteiger partial charge in [0.25, 0.3) is 5.56 Å². The number of hydrogen-bond donors (Lipinski definition) is 2. The fraction of sp³-hybridized carbons (Fsp3) is 0.417. The fourth-order valence-electron chi connectivity index (χ4n) is 1.59. The lowest BCUT2D eigenvalue weighted by Gasteiger charge is -2.03. The van der Waals surface area contributed by atoms with E-state index in [0.29, 0.717) is 10.9 Å². The van der Waals surface area contributed by atoms with Crippen LogP contribution >= 0.6 is 11.8 Å². The van der Waals surface area contributed by atoms with Crippen LogP contribution in [0.4, 0.5) is 13.2 Å². The van der Waals surface area contributed by atoms with E-state index in [-0.39, 0.29) is 36.0 Å². The smallest absolute Gasteiger partial charge is 0.355 e. The van der Waals surface area contributed by atoms with Gasteiger partial charge >= 0.3 is 12.1 Å². The number of H-pyrrole nitrogens is 1. The normalized spacial score (nSPS) is 11.5. The molecule has 0 atom stereocenters. The minimum absolute atomic E-state index is 0.00445. The van der Waals surface area contributed by atoms with Gasteiger partial charge in [0, 0.05) is 24.7 Å². The minimum atomic E-state index is -4.69. The van der Waals surface area contributed by atoms with E-state index < -0.39 is 12.1 Å². The number of halogens is 3. The molecule has 2 aromatic heterocycles. The van der Waals surface area contributed by atoms with Crippen LogP contribution in [0, 0.1) is 6.92 Å². The maximum absolute atomic E-state index is 12.3. The van der Waals surface area contributed by atoms with Crippen LogP contribution in [0.25, 0.3) is 0 Å². The third-order valence-corrected chi connectivity index (χ3v) is 3.44. The van der Waals surface area contributed by atoms with Gasteiger partial charge in [-0.3, -0.25) is 9.59 Å². The Hall–Kier alpha value is -2.37. The van der Waals surface area contributed by atoms with Crippen LogP contribution < -0.4 is 10.9 Å². The number of aromatic nitrogens is 4. The van der Waals surface area contributed by atoms with Gasteiger partial charge in [-0.2, -0.15) is 18.2 Å². The molecule has 0 fully saturated rings. The van der Waals surface area contributed by atoms with E-state index in [1.807, 2.05) is 0 Å². The lowest BCUT2D eigenvalue weighted by molar-refractivity contribution is -0.159. The van der Waals surface area contributed by atoms with Gasteiger partial charge in [0.1, 0.15) is 0 Å². The minimum Gasteiger partial charge on any atom is -0.355 e. The Morgan fingerprint density at radius 1 is 1.42 bits per heavy atom. The van der Waals surface area contributed by atoms with Crippen molar-refractivity contribution < 1.29 is 22.5 Å². The zero-order chi connectivity index (χ0) is 17.7. The molecule has 0 saturated heterocycles. The number of alkyl halides is 3. The average Bonchev–Trinajstić information content (AvgIpc) is 2.93. The molecule has 2 N–H and O–H groups in total. The number of rotatable bonds is 6. The second-order valence-electron chi connectivity index (χ2n) is 4.59. The molecular formula is C12H12F3N5O3S. The van der Waals surface area contributed by atoms with Gasteiger partial charge in [-0.25, -0.2) is 4.98 Å². The number of carbonyl (C=O) groups is 1. The molecule has 2 aromatic rings. The molecule has 2 rings (SSSR count). The standard InChI is InChI=1S/C12H12F3N5O3S/c1-6-4-8(21)19-11(17-6)24-5-9(22)16-3-2-7-18-10(23-20-7)12(13,14)15/h4H,2-3,5H2,1H3,(H,16,22)(H,17,19,21). The van der Waals surface area contributed by atoms with Crippen molar-refractivity contribution in [3.8, 4) is 0 Å². The van der Waals surface area contributed by atoms with E-state index in [2.05, 4.69) is 29.9 Å². The number of hydrogen-bond acceptors (Lipinski definition) is 7. The molecule has 2 heterocycles. The number of nitrogens with one attached hydrogen (secondary N) is 2. The second-order valence-corrected chi connectivity index (χ2v) is 5.56. The van der Waals surface area contributed by atoms with Crippen molar-refractivity contribution in [1.82, 2.24) is 25.4 Å². The Morgan fingerprint density at radius 2 is 2.17 bits per heavy atom. The summed E-state index contributed by atoms with van der Waals surface area (Å²) in [5, 5.41) is 5.98. The number of aromatic amines is 1. The van der Waals surface area contributed by atoms with Crippen molar-refractivity contribution in [3.05, 3.63) is 33.8 Å². The predicted molar refractivity (Wildman–Crippen MR) is 76.3 cm³/mol. The van der Waals surface area contributed by atoms with Gasteiger partial charge < -0.3 is 14.8 Å². The molecule has 0 saturated carbocycles. The van der Waals surface area contributed by atoms with Crippen LogP contribution in [-0.2, 0) is 17.4 Å². The maximum Gasteiger partial charge on any atom is 0.471 e. The highest BCUT2D eigenvalue weighted by Crippen LogP contribution is 2.27. The summed E-state index contributed by atoms with van der Waals surface area (Å²) in [4.78, 5) is 32.6. The number of aryl methyl sites for hydroxylation is 1. The first-order valence-electron chi connectivity index (χ1n) is 6.61. The molecular weight excluding hydrogens is 351 g/mol. The SMILES string of the molecule is Cc1cc(=O)[nH]c(SCC(=O)NCCc2noc(C(F)(F)F)n2)n1. The first kappa shape index (κ1) is 18.0. The molecule has 0 aliphatic heterocycles. The first-order valence-corrected chi connectivity index (χ1v) is 7.60. The molecule has 0 bridgehead atoms. The lowest BCUT2D eigenvalue weighted by Crippen LogP contribution is -2.27. The van der Waals surface area contributed by atoms with Crippen molar-refractivity contribution in [1.29, 1.82) is 0 Å². The Balaban J connectivity index is 1.75. The summed E-state index contributed by atoms with van der Waals surface area (Å²) in [5.74, 6) is -1.95. The molecule has 8 nitrogen and oxygen atoms in total. The Labute approximate surface area is 137 Å². The summed E-state index contributed by atoms with van der Waals surface area (Å²) in [7, 11) is 0. The van der Waals surface area contributed by atoms with Crippen molar-refractivity contribution in [2.75, 3.05) is 12.3 Å². The van der Waals surface area contributed by atoms with Crippen LogP contribution in [0.5, 0.6) is 0 Å². The average molecular weight is 363 g/mol. The maximum atomic E-state index is 12.3. The van der Waals surface area contributed by atoms with Gasteiger partial charge in [-0.15, -0.1) is 0 Å². The lowest BCUT2D eigenvalue weighted by atomic mass is 10.4. The van der Waals surface area contributed by atoms with Gasteiger partial charge in [0.05, 0.1) is 5.75 Å². The van der Waals surface area contributed by atoms with Crippen LogP contribution in [0.1, 0.15) is 17.4 Å². The summed E-state index contributed by atoms with van der Waals surface area (Å²) in [6, 6.07) is 1.32. The van der Waals surface area contributed by atoms with Crippen LogP contribution in [-0.4, -0.2) is 38.3 Å². The van der Waals surface area contributed by atoms with Crippen LogP contribution in [0.2, 0.25) is 0 Å². The molecule has 0 aliphatic rings. The van der Waals surface area contributed by atoms with Gasteiger partial charge in [-0.1, -0.05) is 16.9 Å². The van der Waals surface area contributed by atoms with Crippen molar-refractivity contribution >= 4 is 17.7 Å². The number of nitrogens with zero attached hydrogens (tertiary/aromatic N) is 3. The largest absolute Gasteiger partial charge is 0.471 e. The van der Waals surface area contributed by atoms with Crippen molar-refractivity contribution in [3.63, 3.8) is 0 Å². The quantitative estimate of drug-likeness (QED) is 0.580. The van der Waals surface area contributed by atoms with E-state index >= 15 is 0 Å². The van der Waals surface area contributed by atoms with E-state index in [0.717, 1.165) is 11.8 Å². The molecule has 12 heteroatoms. The van der Waals surface area contributed by atoms with Crippen LogP contribution in [0.3, 0.4) is 0 Å². The topological polar surface area (TPSA) is 114 Å².